The molecule has 0 aliphatic carbocycles. The van der Waals surface area contributed by atoms with E-state index in [2.05, 4.69) is 0 Å². The third-order valence-electron chi connectivity index (χ3n) is 5.33. The summed E-state index contributed by atoms with van der Waals surface area (Å²) in [6, 6.07) is 16.6. The number of cyclic esters (lactones) is 1. The van der Waals surface area contributed by atoms with Crippen LogP contribution in [0.15, 0.2) is 54.6 Å². The van der Waals surface area contributed by atoms with Crippen LogP contribution in [0, 0.1) is 12.8 Å². The zero-order chi connectivity index (χ0) is 20.4. The third kappa shape index (κ3) is 3.79. The molecule has 148 valence electrons. The van der Waals surface area contributed by atoms with Crippen molar-refractivity contribution >= 4 is 12.0 Å². The number of aryl methyl sites for hydroxylation is 1. The van der Waals surface area contributed by atoms with Crippen molar-refractivity contribution in [3.63, 3.8) is 0 Å². The Morgan fingerprint density at radius 3 is 2.46 bits per heavy atom. The number of aliphatic hydroxyl groups is 1. The second kappa shape index (κ2) is 8.12. The number of amides is 2. The Hall–Kier alpha value is -2.70. The lowest BCUT2D eigenvalue weighted by molar-refractivity contribution is -0.169. The summed E-state index contributed by atoms with van der Waals surface area (Å²) >= 11 is 0. The number of imide groups is 1. The molecule has 6 nitrogen and oxygen atoms in total. The van der Waals surface area contributed by atoms with Gasteiger partial charge in [0.25, 0.3) is 5.91 Å². The van der Waals surface area contributed by atoms with Gasteiger partial charge < -0.3 is 9.84 Å². The summed E-state index contributed by atoms with van der Waals surface area (Å²) in [5.41, 5.74) is 2.50. The Labute approximate surface area is 165 Å². The highest BCUT2D eigenvalue weighted by Gasteiger charge is 2.44. The first kappa shape index (κ1) is 20.0. The molecule has 4 atom stereocenters. The highest BCUT2D eigenvalue weighted by Crippen LogP contribution is 2.33. The van der Waals surface area contributed by atoms with E-state index in [1.807, 2.05) is 62.4 Å². The largest absolute Gasteiger partial charge is 0.438 e. The first-order chi connectivity index (χ1) is 13.3. The summed E-state index contributed by atoms with van der Waals surface area (Å²) in [6.07, 6.45) is -2.22. The number of hydrogen-bond donors (Lipinski definition) is 1. The maximum Gasteiger partial charge on any atom is 0.432 e. The van der Waals surface area contributed by atoms with Crippen LogP contribution in [0.4, 0.5) is 4.79 Å². The maximum atomic E-state index is 13.0. The fourth-order valence-electron chi connectivity index (χ4n) is 3.47. The Morgan fingerprint density at radius 2 is 1.82 bits per heavy atom. The number of ether oxygens (including phenoxy) is 1. The lowest BCUT2D eigenvalue weighted by Crippen LogP contribution is -2.59. The van der Waals surface area contributed by atoms with Gasteiger partial charge in [-0.05, 0) is 25.0 Å². The van der Waals surface area contributed by atoms with E-state index in [0.29, 0.717) is 5.56 Å². The van der Waals surface area contributed by atoms with Gasteiger partial charge in [-0.25, -0.2) is 9.80 Å². The van der Waals surface area contributed by atoms with Crippen LogP contribution in [0.25, 0.3) is 0 Å². The molecule has 1 N–H and O–H groups in total. The van der Waals surface area contributed by atoms with Crippen molar-refractivity contribution in [2.24, 2.45) is 5.92 Å². The van der Waals surface area contributed by atoms with Crippen LogP contribution >= 0.6 is 0 Å². The number of aliphatic hydroxyl groups excluding tert-OH is 1. The standard InChI is InChI=1S/C22H26N2O4/c1-14-9-8-12-18(13-14)19(25)15(2)21(26)24-22(27)28-20(16(3)23(24)4)17-10-6-5-7-11-17/h5-13,15-16,19-20,25H,1-4H3/t15-,16-,19-,20-/m0/s1. The first-order valence-electron chi connectivity index (χ1n) is 9.38. The normalized spacial score (nSPS) is 22.5. The van der Waals surface area contributed by atoms with Gasteiger partial charge in [0.2, 0.25) is 0 Å². The van der Waals surface area contributed by atoms with Crippen molar-refractivity contribution in [3.05, 3.63) is 71.3 Å². The molecule has 28 heavy (non-hydrogen) atoms. The molecular formula is C22H26N2O4. The van der Waals surface area contributed by atoms with Crippen molar-refractivity contribution < 1.29 is 19.4 Å². The number of nitrogens with zero attached hydrogens (tertiary/aromatic N) is 2. The van der Waals surface area contributed by atoms with Crippen molar-refractivity contribution in [3.8, 4) is 0 Å². The monoisotopic (exact) mass is 382 g/mol. The SMILES string of the molecule is Cc1cccc([C@@H](O)[C@H](C)C(=O)N2C(=O)O[C@H](c3ccccc3)[C@H](C)N2C)c1. The number of hydrogen-bond acceptors (Lipinski definition) is 5. The average Bonchev–Trinajstić information content (AvgIpc) is 2.70. The Morgan fingerprint density at radius 1 is 1.14 bits per heavy atom. The number of hydrazine groups is 1. The summed E-state index contributed by atoms with van der Waals surface area (Å²) in [4.78, 5) is 25.7. The number of benzene rings is 2. The Bertz CT molecular complexity index is 855. The second-order valence-corrected chi connectivity index (χ2v) is 7.33. The summed E-state index contributed by atoms with van der Waals surface area (Å²) < 4.78 is 5.59. The Kier molecular flexibility index (Phi) is 5.82. The van der Waals surface area contributed by atoms with E-state index in [1.54, 1.807) is 25.0 Å². The molecule has 6 heteroatoms. The van der Waals surface area contributed by atoms with Crippen LogP contribution in [0.3, 0.4) is 0 Å². The second-order valence-electron chi connectivity index (χ2n) is 7.33. The number of carbonyl (C=O) groups is 2. The van der Waals surface area contributed by atoms with Gasteiger partial charge in [-0.1, -0.05) is 67.1 Å². The van der Waals surface area contributed by atoms with Crippen molar-refractivity contribution in [1.82, 2.24) is 10.0 Å². The molecule has 2 aromatic carbocycles. The molecule has 3 rings (SSSR count). The van der Waals surface area contributed by atoms with Gasteiger partial charge in [-0.3, -0.25) is 4.79 Å². The summed E-state index contributed by atoms with van der Waals surface area (Å²) in [6.45, 7) is 5.43. The minimum Gasteiger partial charge on any atom is -0.438 e. The molecule has 1 heterocycles. The van der Waals surface area contributed by atoms with Crippen molar-refractivity contribution in [2.45, 2.75) is 39.0 Å². The number of rotatable bonds is 4. The molecule has 2 aromatic rings. The minimum absolute atomic E-state index is 0.243. The zero-order valence-corrected chi connectivity index (χ0v) is 16.6. The van der Waals surface area contributed by atoms with Crippen molar-refractivity contribution in [1.29, 1.82) is 0 Å². The predicted molar refractivity (Wildman–Crippen MR) is 105 cm³/mol. The Balaban J connectivity index is 1.79. The van der Waals surface area contributed by atoms with Crippen LogP contribution in [-0.2, 0) is 9.53 Å². The van der Waals surface area contributed by atoms with E-state index in [-0.39, 0.29) is 6.04 Å². The van der Waals surface area contributed by atoms with Crippen LogP contribution in [-0.4, -0.2) is 40.2 Å². The van der Waals surface area contributed by atoms with Crippen LogP contribution in [0.1, 0.15) is 42.7 Å². The molecule has 0 saturated carbocycles. The molecule has 0 radical (unpaired) electrons. The molecular weight excluding hydrogens is 356 g/mol. The van der Waals surface area contributed by atoms with Gasteiger partial charge in [0.15, 0.2) is 0 Å². The van der Waals surface area contributed by atoms with Gasteiger partial charge in [-0.2, -0.15) is 5.01 Å². The van der Waals surface area contributed by atoms with E-state index < -0.39 is 30.1 Å². The van der Waals surface area contributed by atoms with E-state index in [0.717, 1.165) is 16.1 Å². The average molecular weight is 382 g/mol. The van der Waals surface area contributed by atoms with Gasteiger partial charge >= 0.3 is 6.09 Å². The van der Waals surface area contributed by atoms with E-state index in [9.17, 15) is 14.7 Å². The van der Waals surface area contributed by atoms with E-state index >= 15 is 0 Å². The van der Waals surface area contributed by atoms with Gasteiger partial charge in [0, 0.05) is 7.05 Å². The van der Waals surface area contributed by atoms with Gasteiger partial charge in [0.1, 0.15) is 6.10 Å². The number of likely N-dealkylation sites (N-methyl/N-ethyl adjacent to an activating group) is 1. The first-order valence-corrected chi connectivity index (χ1v) is 9.38. The summed E-state index contributed by atoms with van der Waals surface area (Å²) in [5, 5.41) is 13.2. The van der Waals surface area contributed by atoms with Crippen LogP contribution in [0.2, 0.25) is 0 Å². The predicted octanol–water partition coefficient (Wildman–Crippen LogP) is 3.62. The fourth-order valence-corrected chi connectivity index (χ4v) is 3.47. The van der Waals surface area contributed by atoms with E-state index in [4.69, 9.17) is 4.74 Å². The summed E-state index contributed by atoms with van der Waals surface area (Å²) in [7, 11) is 1.69. The number of carbonyl (C=O) groups excluding carboxylic acids is 2. The third-order valence-corrected chi connectivity index (χ3v) is 5.33. The molecule has 1 aliphatic heterocycles. The molecule has 0 unspecified atom stereocenters. The lowest BCUT2D eigenvalue weighted by Gasteiger charge is -2.43. The lowest BCUT2D eigenvalue weighted by atomic mass is 9.95. The van der Waals surface area contributed by atoms with Crippen molar-refractivity contribution in [2.75, 3.05) is 7.05 Å². The maximum absolute atomic E-state index is 13.0. The molecule has 1 aliphatic rings. The molecule has 0 spiro atoms. The van der Waals surface area contributed by atoms with Crippen LogP contribution in [0.5, 0.6) is 0 Å². The van der Waals surface area contributed by atoms with Gasteiger partial charge in [0.05, 0.1) is 18.1 Å². The summed E-state index contributed by atoms with van der Waals surface area (Å²) in [5.74, 6) is -1.31. The highest BCUT2D eigenvalue weighted by molar-refractivity contribution is 5.93. The molecule has 1 fully saturated rings. The molecule has 0 bridgehead atoms. The van der Waals surface area contributed by atoms with Gasteiger partial charge in [-0.15, -0.1) is 0 Å². The topological polar surface area (TPSA) is 70.1 Å². The quantitative estimate of drug-likeness (QED) is 0.875. The molecule has 2 amide bonds. The molecule has 0 aromatic heterocycles. The fraction of sp³-hybridized carbons (Fsp3) is 0.364. The highest BCUT2D eigenvalue weighted by atomic mass is 16.6. The van der Waals surface area contributed by atoms with E-state index in [1.165, 1.54) is 0 Å². The zero-order valence-electron chi connectivity index (χ0n) is 16.6. The molecule has 1 saturated heterocycles. The smallest absolute Gasteiger partial charge is 0.432 e. The minimum atomic E-state index is -1.02. The van der Waals surface area contributed by atoms with Crippen LogP contribution < -0.4 is 0 Å².